The van der Waals surface area contributed by atoms with E-state index in [0.717, 1.165) is 31.5 Å². The van der Waals surface area contributed by atoms with Crippen molar-refractivity contribution in [3.63, 3.8) is 0 Å². The maximum absolute atomic E-state index is 14.0. The molecular weight excluding hydrogens is 457 g/mol. The quantitative estimate of drug-likeness (QED) is 0.537. The van der Waals surface area contributed by atoms with Crippen LogP contribution >= 0.6 is 11.6 Å². The first kappa shape index (κ1) is 22.4. The molecule has 1 aliphatic heterocycles. The Bertz CT molecular complexity index is 1320. The second kappa shape index (κ2) is 9.07. The monoisotopic (exact) mass is 479 g/mol. The zero-order valence-corrected chi connectivity index (χ0v) is 19.4. The van der Waals surface area contributed by atoms with Crippen molar-refractivity contribution >= 4 is 17.5 Å². The number of hydrogen-bond acceptors (Lipinski definition) is 6. The second-order valence-electron chi connectivity index (χ2n) is 8.93. The van der Waals surface area contributed by atoms with Gasteiger partial charge in [0.15, 0.2) is 0 Å². The number of rotatable bonds is 5. The lowest BCUT2D eigenvalue weighted by molar-refractivity contribution is 0.121. The van der Waals surface area contributed by atoms with Gasteiger partial charge in [0.2, 0.25) is 5.95 Å². The van der Waals surface area contributed by atoms with Gasteiger partial charge in [-0.2, -0.15) is 5.26 Å². The Balaban J connectivity index is 1.28. The van der Waals surface area contributed by atoms with Crippen LogP contribution in [0.4, 0.5) is 10.3 Å². The van der Waals surface area contributed by atoms with Crippen LogP contribution in [0.1, 0.15) is 43.2 Å². The summed E-state index contributed by atoms with van der Waals surface area (Å²) in [6.07, 6.45) is 8.33. The highest BCUT2D eigenvalue weighted by atomic mass is 35.5. The Morgan fingerprint density at radius 2 is 1.97 bits per heavy atom. The molecule has 0 N–H and O–H groups in total. The summed E-state index contributed by atoms with van der Waals surface area (Å²) in [7, 11) is 0. The maximum atomic E-state index is 14.0. The lowest BCUT2D eigenvalue weighted by Gasteiger charge is -2.37. The molecule has 7 nitrogen and oxygen atoms in total. The molecular formula is C25H23ClFN5O2. The van der Waals surface area contributed by atoms with Crippen molar-refractivity contribution in [1.82, 2.24) is 14.5 Å². The van der Waals surface area contributed by atoms with Crippen molar-refractivity contribution in [3.05, 3.63) is 75.2 Å². The van der Waals surface area contributed by atoms with Crippen molar-refractivity contribution in [2.45, 2.75) is 38.2 Å². The normalized spacial score (nSPS) is 20.1. The van der Waals surface area contributed by atoms with E-state index in [1.54, 1.807) is 6.07 Å². The summed E-state index contributed by atoms with van der Waals surface area (Å²) in [6.45, 7) is 3.55. The van der Waals surface area contributed by atoms with Gasteiger partial charge in [0.1, 0.15) is 23.7 Å². The third-order valence-electron chi connectivity index (χ3n) is 6.42. The largest absolute Gasteiger partial charge is 0.488 e. The molecule has 174 valence electrons. The molecule has 0 unspecified atom stereocenters. The van der Waals surface area contributed by atoms with E-state index >= 15 is 0 Å². The van der Waals surface area contributed by atoms with Gasteiger partial charge < -0.3 is 9.64 Å². The number of nitrogens with zero attached hydrogens (tertiary/aromatic N) is 5. The Kier molecular flexibility index (Phi) is 5.96. The van der Waals surface area contributed by atoms with Crippen LogP contribution in [0, 0.1) is 23.1 Å². The number of piperidine rings is 1. The summed E-state index contributed by atoms with van der Waals surface area (Å²) in [5, 5.41) is 9.15. The van der Waals surface area contributed by atoms with Crippen molar-refractivity contribution in [3.8, 4) is 17.5 Å². The van der Waals surface area contributed by atoms with E-state index in [2.05, 4.69) is 21.8 Å². The van der Waals surface area contributed by atoms with Crippen LogP contribution in [-0.2, 0) is 0 Å². The maximum Gasteiger partial charge on any atom is 0.258 e. The Morgan fingerprint density at radius 3 is 2.62 bits per heavy atom. The number of hydrogen-bond donors (Lipinski definition) is 0. The summed E-state index contributed by atoms with van der Waals surface area (Å²) in [4.78, 5) is 24.0. The van der Waals surface area contributed by atoms with E-state index in [0.29, 0.717) is 11.7 Å². The number of benzene rings is 1. The fourth-order valence-electron chi connectivity index (χ4n) is 4.29. The molecule has 2 fully saturated rings. The molecule has 9 heteroatoms. The Labute approximate surface area is 201 Å². The fourth-order valence-corrected chi connectivity index (χ4v) is 4.49. The average molecular weight is 480 g/mol. The zero-order chi connectivity index (χ0) is 23.8. The van der Waals surface area contributed by atoms with Crippen LogP contribution in [0.15, 0.2) is 47.7 Å². The molecule has 2 aromatic heterocycles. The highest BCUT2D eigenvalue weighted by molar-refractivity contribution is 6.31. The standard InChI is InChI=1S/C25H23ClFN5O2/c1-15-13-31(25-29-11-18(12-30-25)16-2-3-16)7-6-22(15)34-23-9-24(33)32(14-20(23)26)19-5-4-17(10-28)21(27)8-19/h4-5,8-9,11-12,14-16,22H,2-3,6-7,13H2,1H3/t15-,22-/m1/s1. The predicted molar refractivity (Wildman–Crippen MR) is 126 cm³/mol. The first-order valence-electron chi connectivity index (χ1n) is 11.3. The molecule has 1 aliphatic carbocycles. The molecule has 0 amide bonds. The second-order valence-corrected chi connectivity index (χ2v) is 9.34. The first-order chi connectivity index (χ1) is 16.4. The topological polar surface area (TPSA) is 84.0 Å². The van der Waals surface area contributed by atoms with E-state index in [9.17, 15) is 9.18 Å². The van der Waals surface area contributed by atoms with Crippen LogP contribution < -0.4 is 15.2 Å². The van der Waals surface area contributed by atoms with Crippen molar-refractivity contribution in [1.29, 1.82) is 5.26 Å². The molecule has 3 aromatic rings. The first-order valence-corrected chi connectivity index (χ1v) is 11.7. The van der Waals surface area contributed by atoms with Crippen molar-refractivity contribution in [2.24, 2.45) is 5.92 Å². The van der Waals surface area contributed by atoms with E-state index in [1.165, 1.54) is 47.4 Å². The van der Waals surface area contributed by atoms with Gasteiger partial charge >= 0.3 is 0 Å². The molecule has 3 heterocycles. The molecule has 2 atom stereocenters. The van der Waals surface area contributed by atoms with Crippen molar-refractivity contribution in [2.75, 3.05) is 18.0 Å². The van der Waals surface area contributed by atoms with Crippen LogP contribution in [0.25, 0.3) is 5.69 Å². The predicted octanol–water partition coefficient (Wildman–Crippen LogP) is 4.46. The van der Waals surface area contributed by atoms with Crippen LogP contribution in [0.5, 0.6) is 5.75 Å². The number of pyridine rings is 1. The third-order valence-corrected chi connectivity index (χ3v) is 6.70. The van der Waals surface area contributed by atoms with E-state index in [-0.39, 0.29) is 28.3 Å². The lowest BCUT2D eigenvalue weighted by Crippen LogP contribution is -2.45. The highest BCUT2D eigenvalue weighted by Gasteiger charge is 2.30. The summed E-state index contributed by atoms with van der Waals surface area (Å²) in [5.74, 6) is 1.11. The van der Waals surface area contributed by atoms with Gasteiger partial charge in [0, 0.05) is 50.1 Å². The van der Waals surface area contributed by atoms with Gasteiger partial charge in [0.25, 0.3) is 5.56 Å². The number of aromatic nitrogens is 3. The minimum atomic E-state index is -0.699. The molecule has 2 aliphatic rings. The molecule has 1 aromatic carbocycles. The molecule has 34 heavy (non-hydrogen) atoms. The SMILES string of the molecule is C[C@@H]1CN(c2ncc(C3CC3)cn2)CC[C@H]1Oc1cc(=O)n(-c2ccc(C#N)c(F)c2)cc1Cl. The molecule has 1 saturated heterocycles. The van der Waals surface area contributed by atoms with Crippen LogP contribution in [-0.4, -0.2) is 33.7 Å². The van der Waals surface area contributed by atoms with E-state index in [1.807, 2.05) is 12.4 Å². The van der Waals surface area contributed by atoms with Gasteiger partial charge in [-0.1, -0.05) is 18.5 Å². The minimum Gasteiger partial charge on any atom is -0.488 e. The number of anilines is 1. The molecule has 1 saturated carbocycles. The van der Waals surface area contributed by atoms with Gasteiger partial charge in [-0.15, -0.1) is 0 Å². The van der Waals surface area contributed by atoms with Crippen molar-refractivity contribution < 1.29 is 9.13 Å². The summed E-state index contributed by atoms with van der Waals surface area (Å²) in [5.41, 5.74) is 0.998. The smallest absolute Gasteiger partial charge is 0.258 e. The number of halogens is 2. The average Bonchev–Trinajstić information content (AvgIpc) is 3.68. The van der Waals surface area contributed by atoms with Gasteiger partial charge in [-0.3, -0.25) is 9.36 Å². The zero-order valence-electron chi connectivity index (χ0n) is 18.6. The minimum absolute atomic E-state index is 0.0903. The van der Waals surface area contributed by atoms with E-state index in [4.69, 9.17) is 21.6 Å². The van der Waals surface area contributed by atoms with Gasteiger partial charge in [-0.25, -0.2) is 14.4 Å². The number of ether oxygens (including phenoxy) is 1. The Morgan fingerprint density at radius 1 is 1.21 bits per heavy atom. The lowest BCUT2D eigenvalue weighted by atomic mass is 9.96. The fraction of sp³-hybridized carbons (Fsp3) is 0.360. The molecule has 5 rings (SSSR count). The molecule has 0 radical (unpaired) electrons. The van der Waals surface area contributed by atoms with Crippen LogP contribution in [0.3, 0.4) is 0 Å². The third kappa shape index (κ3) is 4.48. The van der Waals surface area contributed by atoms with Gasteiger partial charge in [-0.05, 0) is 42.5 Å². The number of nitriles is 1. The van der Waals surface area contributed by atoms with E-state index < -0.39 is 11.4 Å². The van der Waals surface area contributed by atoms with Gasteiger partial charge in [0.05, 0.1) is 16.3 Å². The summed E-state index contributed by atoms with van der Waals surface area (Å²) in [6, 6.07) is 7.04. The molecule has 0 bridgehead atoms. The summed E-state index contributed by atoms with van der Waals surface area (Å²) < 4.78 is 21.4. The summed E-state index contributed by atoms with van der Waals surface area (Å²) >= 11 is 6.43. The van der Waals surface area contributed by atoms with Crippen LogP contribution in [0.2, 0.25) is 5.02 Å². The highest BCUT2D eigenvalue weighted by Crippen LogP contribution is 2.39. The molecule has 0 spiro atoms. The Hall–Kier alpha value is -3.44.